The summed E-state index contributed by atoms with van der Waals surface area (Å²) in [6.45, 7) is 0.599. The first-order valence-electron chi connectivity index (χ1n) is 6.62. The Labute approximate surface area is 115 Å². The van der Waals surface area contributed by atoms with Crippen LogP contribution in [0.5, 0.6) is 0 Å². The van der Waals surface area contributed by atoms with Crippen LogP contribution in [-0.4, -0.2) is 34.2 Å². The van der Waals surface area contributed by atoms with E-state index in [-0.39, 0.29) is 12.3 Å². The van der Waals surface area contributed by atoms with Crippen LogP contribution in [0.1, 0.15) is 12.8 Å². The fourth-order valence-corrected chi connectivity index (χ4v) is 2.53. The molecule has 0 aliphatic heterocycles. The van der Waals surface area contributed by atoms with Crippen molar-refractivity contribution in [1.82, 2.24) is 4.98 Å². The zero-order chi connectivity index (χ0) is 14.1. The molecule has 0 spiro atoms. The van der Waals surface area contributed by atoms with Gasteiger partial charge in [0.05, 0.1) is 11.5 Å². The molecule has 20 heavy (non-hydrogen) atoms. The van der Waals surface area contributed by atoms with E-state index in [0.29, 0.717) is 18.1 Å². The quantitative estimate of drug-likeness (QED) is 0.666. The number of hydrogen-bond acceptors (Lipinski definition) is 5. The molecule has 1 aliphatic rings. The van der Waals surface area contributed by atoms with Crippen molar-refractivity contribution in [2.24, 2.45) is 0 Å². The van der Waals surface area contributed by atoms with Gasteiger partial charge in [0, 0.05) is 35.9 Å². The summed E-state index contributed by atoms with van der Waals surface area (Å²) in [7, 11) is 0. The van der Waals surface area contributed by atoms with Gasteiger partial charge in [0.25, 0.3) is 5.69 Å². The molecule has 1 fully saturated rings. The van der Waals surface area contributed by atoms with Gasteiger partial charge in [-0.3, -0.25) is 10.1 Å². The highest BCUT2D eigenvalue weighted by atomic mass is 16.6. The predicted molar refractivity (Wildman–Crippen MR) is 75.9 cm³/mol. The van der Waals surface area contributed by atoms with Gasteiger partial charge in [-0.05, 0) is 31.0 Å². The van der Waals surface area contributed by atoms with Crippen LogP contribution in [0.15, 0.2) is 30.5 Å². The van der Waals surface area contributed by atoms with Crippen molar-refractivity contribution in [2.45, 2.75) is 18.9 Å². The van der Waals surface area contributed by atoms with E-state index in [4.69, 9.17) is 0 Å². The van der Waals surface area contributed by atoms with E-state index in [9.17, 15) is 15.2 Å². The summed E-state index contributed by atoms with van der Waals surface area (Å²) >= 11 is 0. The predicted octanol–water partition coefficient (Wildman–Crippen LogP) is 2.10. The van der Waals surface area contributed by atoms with E-state index >= 15 is 0 Å². The number of non-ortho nitro benzene ring substituents is 1. The maximum atomic E-state index is 11.1. The molecule has 2 aromatic rings. The van der Waals surface area contributed by atoms with Crippen LogP contribution in [-0.2, 0) is 0 Å². The molecule has 1 aliphatic carbocycles. The Morgan fingerprint density at radius 2 is 2.20 bits per heavy atom. The van der Waals surface area contributed by atoms with Crippen LogP contribution in [0.2, 0.25) is 0 Å². The van der Waals surface area contributed by atoms with Gasteiger partial charge in [0.1, 0.15) is 5.52 Å². The Morgan fingerprint density at radius 1 is 1.40 bits per heavy atom. The lowest BCUT2D eigenvalue weighted by atomic mass is 10.1. The minimum atomic E-state index is -0.410. The summed E-state index contributed by atoms with van der Waals surface area (Å²) in [5.41, 5.74) is 1.33. The summed E-state index contributed by atoms with van der Waals surface area (Å²) in [4.78, 5) is 16.9. The summed E-state index contributed by atoms with van der Waals surface area (Å²) < 4.78 is 0. The van der Waals surface area contributed by atoms with E-state index in [1.54, 1.807) is 18.3 Å². The topological polar surface area (TPSA) is 79.5 Å². The molecule has 1 saturated carbocycles. The number of anilines is 1. The van der Waals surface area contributed by atoms with Crippen molar-refractivity contribution >= 4 is 22.3 Å². The first kappa shape index (κ1) is 12.8. The molecule has 1 heterocycles. The lowest BCUT2D eigenvalue weighted by Crippen LogP contribution is -2.29. The number of nitro groups is 1. The Balaban J connectivity index is 2.16. The minimum Gasteiger partial charge on any atom is -0.395 e. The maximum Gasteiger partial charge on any atom is 0.295 e. The number of benzene rings is 1. The molecule has 104 valence electrons. The van der Waals surface area contributed by atoms with E-state index in [1.165, 1.54) is 6.07 Å². The van der Waals surface area contributed by atoms with Crippen LogP contribution in [0.3, 0.4) is 0 Å². The van der Waals surface area contributed by atoms with Gasteiger partial charge in [-0.2, -0.15) is 0 Å². The first-order valence-corrected chi connectivity index (χ1v) is 6.62. The number of aromatic nitrogens is 1. The highest BCUT2D eigenvalue weighted by molar-refractivity contribution is 5.97. The third kappa shape index (κ3) is 2.18. The Morgan fingerprint density at radius 3 is 2.85 bits per heavy atom. The molecule has 1 aromatic heterocycles. The van der Waals surface area contributed by atoms with Crippen LogP contribution >= 0.6 is 0 Å². The second-order valence-electron chi connectivity index (χ2n) is 4.91. The number of nitro benzene ring substituents is 1. The number of rotatable bonds is 5. The van der Waals surface area contributed by atoms with Crippen molar-refractivity contribution in [3.8, 4) is 0 Å². The molecule has 1 N–H and O–H groups in total. The van der Waals surface area contributed by atoms with Crippen LogP contribution < -0.4 is 4.90 Å². The Bertz CT molecular complexity index is 655. The number of nitrogens with zero attached hydrogens (tertiary/aromatic N) is 3. The van der Waals surface area contributed by atoms with Crippen LogP contribution in [0, 0.1) is 10.1 Å². The number of aliphatic hydroxyl groups excluding tert-OH is 1. The summed E-state index contributed by atoms with van der Waals surface area (Å²) in [6, 6.07) is 7.30. The van der Waals surface area contributed by atoms with E-state index in [0.717, 1.165) is 23.9 Å². The zero-order valence-electron chi connectivity index (χ0n) is 10.9. The number of pyridine rings is 1. The lowest BCUT2D eigenvalue weighted by molar-refractivity contribution is -0.383. The molecule has 0 bridgehead atoms. The largest absolute Gasteiger partial charge is 0.395 e. The molecule has 6 nitrogen and oxygen atoms in total. The number of aliphatic hydroxyl groups is 1. The molecule has 0 unspecified atom stereocenters. The highest BCUT2D eigenvalue weighted by Crippen LogP contribution is 2.37. The minimum absolute atomic E-state index is 0.0177. The van der Waals surface area contributed by atoms with Gasteiger partial charge < -0.3 is 10.0 Å². The number of hydrogen-bond donors (Lipinski definition) is 1. The van der Waals surface area contributed by atoms with Crippen LogP contribution in [0.4, 0.5) is 11.4 Å². The Kier molecular flexibility index (Phi) is 3.23. The SMILES string of the molecule is O=[N+]([O-])c1ccc(N(CCO)C2CC2)c2cccnc12. The number of fused-ring (bicyclic) bond motifs is 1. The van der Waals surface area contributed by atoms with Crippen molar-refractivity contribution < 1.29 is 10.0 Å². The van der Waals surface area contributed by atoms with Crippen molar-refractivity contribution in [2.75, 3.05) is 18.1 Å². The van der Waals surface area contributed by atoms with E-state index < -0.39 is 4.92 Å². The summed E-state index contributed by atoms with van der Waals surface area (Å²) in [5.74, 6) is 0. The fourth-order valence-electron chi connectivity index (χ4n) is 2.53. The molecule has 3 rings (SSSR count). The first-order chi connectivity index (χ1) is 9.72. The standard InChI is InChI=1S/C14H15N3O3/c18-9-8-16(10-3-4-10)12-5-6-13(17(19)20)14-11(12)2-1-7-15-14/h1-2,5-7,10,18H,3-4,8-9H2. The zero-order valence-corrected chi connectivity index (χ0v) is 10.9. The third-order valence-corrected chi connectivity index (χ3v) is 3.56. The van der Waals surface area contributed by atoms with Gasteiger partial charge in [-0.25, -0.2) is 4.98 Å². The van der Waals surface area contributed by atoms with Gasteiger partial charge >= 0.3 is 0 Å². The monoisotopic (exact) mass is 273 g/mol. The van der Waals surface area contributed by atoms with Gasteiger partial charge in [0.15, 0.2) is 0 Å². The average molecular weight is 273 g/mol. The van der Waals surface area contributed by atoms with Crippen molar-refractivity contribution in [3.05, 3.63) is 40.6 Å². The molecule has 1 aromatic carbocycles. The molecule has 0 saturated heterocycles. The van der Waals surface area contributed by atoms with Gasteiger partial charge in [-0.15, -0.1) is 0 Å². The lowest BCUT2D eigenvalue weighted by Gasteiger charge is -2.25. The smallest absolute Gasteiger partial charge is 0.295 e. The molecule has 6 heteroatoms. The maximum absolute atomic E-state index is 11.1. The normalized spacial score (nSPS) is 14.4. The van der Waals surface area contributed by atoms with Gasteiger partial charge in [0.2, 0.25) is 0 Å². The second kappa shape index (κ2) is 5.05. The molecular weight excluding hydrogens is 258 g/mol. The molecule has 0 radical (unpaired) electrons. The summed E-state index contributed by atoms with van der Waals surface area (Å²) in [5, 5.41) is 21.1. The van der Waals surface area contributed by atoms with E-state index in [1.807, 2.05) is 6.07 Å². The van der Waals surface area contributed by atoms with Crippen molar-refractivity contribution in [3.63, 3.8) is 0 Å². The summed E-state index contributed by atoms with van der Waals surface area (Å²) in [6.07, 6.45) is 3.75. The Hall–Kier alpha value is -2.21. The van der Waals surface area contributed by atoms with Crippen LogP contribution in [0.25, 0.3) is 10.9 Å². The molecule has 0 atom stereocenters. The fraction of sp³-hybridized carbons (Fsp3) is 0.357. The molecular formula is C14H15N3O3. The molecule has 0 amide bonds. The van der Waals surface area contributed by atoms with Gasteiger partial charge in [-0.1, -0.05) is 0 Å². The average Bonchev–Trinajstić information content (AvgIpc) is 3.28. The highest BCUT2D eigenvalue weighted by Gasteiger charge is 2.30. The van der Waals surface area contributed by atoms with Crippen molar-refractivity contribution in [1.29, 1.82) is 0 Å². The second-order valence-corrected chi connectivity index (χ2v) is 4.91. The third-order valence-electron chi connectivity index (χ3n) is 3.56. The van der Waals surface area contributed by atoms with E-state index in [2.05, 4.69) is 9.88 Å².